The molecule has 0 aliphatic heterocycles. The Balaban J connectivity index is 1.37. The molecule has 0 fully saturated rings. The molecule has 164 valence electrons. The number of aliphatic carboxylic acids is 1. The Labute approximate surface area is 185 Å². The van der Waals surface area contributed by atoms with Crippen molar-refractivity contribution < 1.29 is 19.4 Å². The number of hydrogen-bond donors (Lipinski definition) is 1. The highest BCUT2D eigenvalue weighted by Gasteiger charge is 2.12. The average molecular weight is 432 g/mol. The standard InChI is InChI=1S/C24H24N4O4/c1-2-31-24-19(9-12-23(29)30)15-28(27-24)14-17-7-11-22(25-13-17)32-16-20-10-8-18-5-3-4-6-21(18)26-20/h3-8,10-11,13,15H,2,9,12,14,16H2,1H3,(H,29,30). The number of ether oxygens (including phenoxy) is 2. The number of benzene rings is 1. The molecule has 8 heteroatoms. The van der Waals surface area contributed by atoms with Crippen LogP contribution in [-0.2, 0) is 24.4 Å². The minimum Gasteiger partial charge on any atom is -0.481 e. The molecule has 4 aromatic rings. The van der Waals surface area contributed by atoms with Gasteiger partial charge in [-0.25, -0.2) is 9.97 Å². The maximum Gasteiger partial charge on any atom is 0.303 e. The summed E-state index contributed by atoms with van der Waals surface area (Å²) in [7, 11) is 0. The number of nitrogens with zero attached hydrogens (tertiary/aromatic N) is 4. The van der Waals surface area contributed by atoms with E-state index in [0.29, 0.717) is 37.9 Å². The van der Waals surface area contributed by atoms with Gasteiger partial charge in [-0.1, -0.05) is 30.3 Å². The van der Waals surface area contributed by atoms with Gasteiger partial charge in [0.25, 0.3) is 0 Å². The number of carbonyl (C=O) groups is 1. The van der Waals surface area contributed by atoms with Crippen molar-refractivity contribution in [2.75, 3.05) is 6.61 Å². The van der Waals surface area contributed by atoms with Crippen molar-refractivity contribution in [2.45, 2.75) is 32.9 Å². The molecule has 0 saturated carbocycles. The molecular weight excluding hydrogens is 408 g/mol. The molecule has 1 aromatic carbocycles. The average Bonchev–Trinajstić information content (AvgIpc) is 3.18. The van der Waals surface area contributed by atoms with E-state index in [4.69, 9.17) is 14.6 Å². The first-order chi connectivity index (χ1) is 15.6. The second kappa shape index (κ2) is 9.91. The Kier molecular flexibility index (Phi) is 6.60. The van der Waals surface area contributed by atoms with E-state index < -0.39 is 5.97 Å². The first-order valence-electron chi connectivity index (χ1n) is 10.4. The lowest BCUT2D eigenvalue weighted by Gasteiger charge is -2.07. The number of rotatable bonds is 10. The van der Waals surface area contributed by atoms with E-state index in [9.17, 15) is 4.79 Å². The molecule has 0 aliphatic rings. The van der Waals surface area contributed by atoms with E-state index in [-0.39, 0.29) is 6.42 Å². The van der Waals surface area contributed by atoms with Crippen LogP contribution >= 0.6 is 0 Å². The van der Waals surface area contributed by atoms with Crippen molar-refractivity contribution in [3.63, 3.8) is 0 Å². The minimum atomic E-state index is -0.848. The zero-order chi connectivity index (χ0) is 22.3. The lowest BCUT2D eigenvalue weighted by Crippen LogP contribution is -2.03. The fourth-order valence-electron chi connectivity index (χ4n) is 3.31. The molecule has 3 aromatic heterocycles. The highest BCUT2D eigenvalue weighted by molar-refractivity contribution is 5.78. The molecule has 0 amide bonds. The SMILES string of the molecule is CCOc1nn(Cc2ccc(OCc3ccc4ccccc4n3)nc2)cc1CCC(=O)O. The van der Waals surface area contributed by atoms with Gasteiger partial charge in [-0.15, -0.1) is 5.10 Å². The van der Waals surface area contributed by atoms with Crippen LogP contribution < -0.4 is 9.47 Å². The summed E-state index contributed by atoms with van der Waals surface area (Å²) >= 11 is 0. The number of aryl methyl sites for hydroxylation is 1. The monoisotopic (exact) mass is 432 g/mol. The first-order valence-corrected chi connectivity index (χ1v) is 10.4. The Morgan fingerprint density at radius 1 is 1.09 bits per heavy atom. The van der Waals surface area contributed by atoms with Crippen molar-refractivity contribution in [3.8, 4) is 11.8 Å². The molecule has 0 atom stereocenters. The van der Waals surface area contributed by atoms with Crippen molar-refractivity contribution in [1.82, 2.24) is 19.7 Å². The molecule has 1 N–H and O–H groups in total. The third-order valence-corrected chi connectivity index (χ3v) is 4.85. The number of carboxylic acid groups (broad SMARTS) is 1. The normalized spacial score (nSPS) is 10.9. The van der Waals surface area contributed by atoms with Crippen LogP contribution in [0.4, 0.5) is 0 Å². The van der Waals surface area contributed by atoms with Crippen LogP contribution in [0.2, 0.25) is 0 Å². The van der Waals surface area contributed by atoms with Crippen LogP contribution in [0.15, 0.2) is 60.9 Å². The van der Waals surface area contributed by atoms with E-state index in [1.54, 1.807) is 10.9 Å². The van der Waals surface area contributed by atoms with Gasteiger partial charge >= 0.3 is 5.97 Å². The largest absolute Gasteiger partial charge is 0.481 e. The highest BCUT2D eigenvalue weighted by Crippen LogP contribution is 2.19. The van der Waals surface area contributed by atoms with Crippen molar-refractivity contribution in [3.05, 3.63) is 77.7 Å². The van der Waals surface area contributed by atoms with E-state index in [2.05, 4.69) is 15.1 Å². The lowest BCUT2D eigenvalue weighted by atomic mass is 10.2. The maximum absolute atomic E-state index is 10.9. The molecule has 0 radical (unpaired) electrons. The number of para-hydroxylation sites is 1. The molecule has 0 unspecified atom stereocenters. The Bertz CT molecular complexity index is 1200. The molecule has 32 heavy (non-hydrogen) atoms. The molecule has 4 rings (SSSR count). The van der Waals surface area contributed by atoms with Crippen molar-refractivity contribution in [1.29, 1.82) is 0 Å². The second-order valence-corrected chi connectivity index (χ2v) is 7.27. The van der Waals surface area contributed by atoms with Crippen molar-refractivity contribution in [2.24, 2.45) is 0 Å². The molecule has 0 aliphatic carbocycles. The number of fused-ring (bicyclic) bond motifs is 1. The summed E-state index contributed by atoms with van der Waals surface area (Å²) in [6.07, 6.45) is 3.97. The van der Waals surface area contributed by atoms with Crippen LogP contribution in [0.3, 0.4) is 0 Å². The fraction of sp³-hybridized carbons (Fsp3) is 0.250. The summed E-state index contributed by atoms with van der Waals surface area (Å²) in [6, 6.07) is 15.7. The number of pyridine rings is 2. The minimum absolute atomic E-state index is 0.0332. The molecule has 0 saturated heterocycles. The van der Waals surface area contributed by atoms with Crippen LogP contribution in [0, 0.1) is 0 Å². The predicted molar refractivity (Wildman–Crippen MR) is 119 cm³/mol. The zero-order valence-electron chi connectivity index (χ0n) is 17.8. The van der Waals surface area contributed by atoms with E-state index >= 15 is 0 Å². The van der Waals surface area contributed by atoms with E-state index in [1.807, 2.05) is 61.7 Å². The first kappa shape index (κ1) is 21.3. The molecule has 0 bridgehead atoms. The lowest BCUT2D eigenvalue weighted by molar-refractivity contribution is -0.136. The maximum atomic E-state index is 10.9. The van der Waals surface area contributed by atoms with Gasteiger partial charge in [0.2, 0.25) is 11.8 Å². The molecule has 3 heterocycles. The predicted octanol–water partition coefficient (Wildman–Crippen LogP) is 3.87. The van der Waals surface area contributed by atoms with Gasteiger partial charge in [0.15, 0.2) is 0 Å². The topological polar surface area (TPSA) is 99.4 Å². The van der Waals surface area contributed by atoms with Gasteiger partial charge in [-0.3, -0.25) is 9.48 Å². The quantitative estimate of drug-likeness (QED) is 0.406. The van der Waals surface area contributed by atoms with Gasteiger partial charge in [0.05, 0.1) is 24.4 Å². The van der Waals surface area contributed by atoms with Gasteiger partial charge < -0.3 is 14.6 Å². The Morgan fingerprint density at radius 3 is 2.75 bits per heavy atom. The summed E-state index contributed by atoms with van der Waals surface area (Å²) in [4.78, 5) is 19.9. The van der Waals surface area contributed by atoms with Crippen LogP contribution in [0.5, 0.6) is 11.8 Å². The Morgan fingerprint density at radius 2 is 1.97 bits per heavy atom. The summed E-state index contributed by atoms with van der Waals surface area (Å²) in [6.45, 7) is 3.17. The van der Waals surface area contributed by atoms with Gasteiger partial charge in [0.1, 0.15) is 6.61 Å². The Hall–Kier alpha value is -3.94. The number of aromatic nitrogens is 4. The number of hydrogen-bond acceptors (Lipinski definition) is 6. The third-order valence-electron chi connectivity index (χ3n) is 4.85. The van der Waals surface area contributed by atoms with Gasteiger partial charge in [0, 0.05) is 35.8 Å². The van der Waals surface area contributed by atoms with Crippen molar-refractivity contribution >= 4 is 16.9 Å². The van der Waals surface area contributed by atoms with Crippen LogP contribution in [0.1, 0.15) is 30.2 Å². The molecule has 8 nitrogen and oxygen atoms in total. The van der Waals surface area contributed by atoms with E-state index in [0.717, 1.165) is 27.7 Å². The molecular formula is C24H24N4O4. The fourth-order valence-corrected chi connectivity index (χ4v) is 3.31. The van der Waals surface area contributed by atoms with Gasteiger partial charge in [-0.2, -0.15) is 0 Å². The summed E-state index contributed by atoms with van der Waals surface area (Å²) in [5.41, 5.74) is 3.50. The van der Waals surface area contributed by atoms with Crippen LogP contribution in [-0.4, -0.2) is 37.4 Å². The molecule has 0 spiro atoms. The van der Waals surface area contributed by atoms with Crippen LogP contribution in [0.25, 0.3) is 10.9 Å². The highest BCUT2D eigenvalue weighted by atomic mass is 16.5. The van der Waals surface area contributed by atoms with E-state index in [1.165, 1.54) is 0 Å². The summed E-state index contributed by atoms with van der Waals surface area (Å²) in [5.74, 6) is 0.143. The third kappa shape index (κ3) is 5.40. The second-order valence-electron chi connectivity index (χ2n) is 7.27. The zero-order valence-corrected chi connectivity index (χ0v) is 17.8. The number of carboxylic acids is 1. The summed E-state index contributed by atoms with van der Waals surface area (Å²) in [5, 5.41) is 14.5. The smallest absolute Gasteiger partial charge is 0.303 e. The van der Waals surface area contributed by atoms with Gasteiger partial charge in [-0.05, 0) is 31.0 Å². The summed E-state index contributed by atoms with van der Waals surface area (Å²) < 4.78 is 13.1.